The van der Waals surface area contributed by atoms with Crippen LogP contribution in [0.25, 0.3) is 0 Å². The van der Waals surface area contributed by atoms with Gasteiger partial charge in [0.15, 0.2) is 0 Å². The average molecular weight is 292 g/mol. The monoisotopic (exact) mass is 291 g/mol. The lowest BCUT2D eigenvalue weighted by molar-refractivity contribution is 0.268. The van der Waals surface area contributed by atoms with Crippen molar-refractivity contribution in [3.05, 3.63) is 11.4 Å². The number of H-pyrrole nitrogens is 1. The molecule has 0 spiro atoms. The standard InChI is InChI=1S/C11H18ClN3O2S/c1-7-11(8(2)14-13-7)18(16,17)15(3)6-9-4-10(12)5-9/h9-10H,4-6H2,1-3H3,(H,13,14). The van der Waals surface area contributed by atoms with E-state index in [-0.39, 0.29) is 5.38 Å². The van der Waals surface area contributed by atoms with Gasteiger partial charge in [0, 0.05) is 19.0 Å². The Balaban J connectivity index is 2.16. The third-order valence-corrected chi connectivity index (χ3v) is 5.87. The van der Waals surface area contributed by atoms with Crippen molar-refractivity contribution in [2.75, 3.05) is 13.6 Å². The number of rotatable bonds is 4. The van der Waals surface area contributed by atoms with Crippen molar-refractivity contribution < 1.29 is 8.42 Å². The first-order chi connectivity index (χ1) is 8.32. The van der Waals surface area contributed by atoms with Crippen molar-refractivity contribution in [3.8, 4) is 0 Å². The summed E-state index contributed by atoms with van der Waals surface area (Å²) in [4.78, 5) is 0.298. The molecule has 1 aromatic heterocycles. The fourth-order valence-corrected chi connectivity index (χ4v) is 4.42. The molecule has 0 amide bonds. The van der Waals surface area contributed by atoms with E-state index in [1.165, 1.54) is 4.31 Å². The van der Waals surface area contributed by atoms with E-state index >= 15 is 0 Å². The Kier molecular flexibility index (Phi) is 3.71. The average Bonchev–Trinajstić information content (AvgIpc) is 2.56. The lowest BCUT2D eigenvalue weighted by atomic mass is 9.85. The van der Waals surface area contributed by atoms with Gasteiger partial charge in [0.25, 0.3) is 0 Å². The van der Waals surface area contributed by atoms with E-state index in [0.717, 1.165) is 12.8 Å². The van der Waals surface area contributed by atoms with Crippen LogP contribution in [0.5, 0.6) is 0 Å². The zero-order valence-corrected chi connectivity index (χ0v) is 12.3. The minimum Gasteiger partial charge on any atom is -0.281 e. The minimum absolute atomic E-state index is 0.212. The van der Waals surface area contributed by atoms with Crippen LogP contribution >= 0.6 is 11.6 Å². The maximum absolute atomic E-state index is 12.4. The fourth-order valence-electron chi connectivity index (χ4n) is 2.34. The number of aryl methyl sites for hydroxylation is 2. The summed E-state index contributed by atoms with van der Waals surface area (Å²) in [6.07, 6.45) is 1.79. The molecule has 0 aromatic carbocycles. The number of halogens is 1. The summed E-state index contributed by atoms with van der Waals surface area (Å²) in [5.74, 6) is 0.375. The van der Waals surface area contributed by atoms with Crippen LogP contribution in [0.15, 0.2) is 4.90 Å². The van der Waals surface area contributed by atoms with Gasteiger partial charge < -0.3 is 0 Å². The Hall–Kier alpha value is -0.590. The molecule has 102 valence electrons. The topological polar surface area (TPSA) is 66.1 Å². The lowest BCUT2D eigenvalue weighted by Gasteiger charge is -2.33. The van der Waals surface area contributed by atoms with Crippen molar-refractivity contribution in [2.45, 2.75) is 37.0 Å². The molecule has 18 heavy (non-hydrogen) atoms. The molecule has 7 heteroatoms. The molecule has 1 saturated carbocycles. The minimum atomic E-state index is -3.45. The normalized spacial score (nSPS) is 24.3. The Morgan fingerprint density at radius 1 is 1.44 bits per heavy atom. The van der Waals surface area contributed by atoms with E-state index in [4.69, 9.17) is 11.6 Å². The Bertz CT molecular complexity index is 515. The quantitative estimate of drug-likeness (QED) is 0.858. The van der Waals surface area contributed by atoms with Crippen LogP contribution in [0.2, 0.25) is 0 Å². The van der Waals surface area contributed by atoms with Crippen molar-refractivity contribution >= 4 is 21.6 Å². The van der Waals surface area contributed by atoms with E-state index < -0.39 is 10.0 Å². The second kappa shape index (κ2) is 4.83. The van der Waals surface area contributed by atoms with Gasteiger partial charge in [-0.25, -0.2) is 12.7 Å². The Labute approximate surface area is 113 Å². The van der Waals surface area contributed by atoms with E-state index in [2.05, 4.69) is 10.2 Å². The van der Waals surface area contributed by atoms with Gasteiger partial charge in [-0.15, -0.1) is 11.6 Å². The Morgan fingerprint density at radius 3 is 2.50 bits per heavy atom. The van der Waals surface area contributed by atoms with Gasteiger partial charge in [-0.05, 0) is 32.6 Å². The highest BCUT2D eigenvalue weighted by molar-refractivity contribution is 7.89. The Morgan fingerprint density at radius 2 is 2.06 bits per heavy atom. The van der Waals surface area contributed by atoms with Gasteiger partial charge in [0.05, 0.1) is 11.4 Å². The summed E-state index contributed by atoms with van der Waals surface area (Å²) in [6.45, 7) is 3.94. The first kappa shape index (κ1) is 13.8. The molecule has 1 aliphatic carbocycles. The zero-order chi connectivity index (χ0) is 13.5. The van der Waals surface area contributed by atoms with E-state index in [9.17, 15) is 8.42 Å². The molecular formula is C11H18ClN3O2S. The molecule has 2 rings (SSSR count). The first-order valence-corrected chi connectivity index (χ1v) is 7.82. The predicted octanol–water partition coefficient (Wildman–Crippen LogP) is 1.66. The fraction of sp³-hybridized carbons (Fsp3) is 0.727. The molecule has 1 N–H and O–H groups in total. The highest BCUT2D eigenvalue weighted by Crippen LogP contribution is 2.33. The number of aromatic nitrogens is 2. The van der Waals surface area contributed by atoms with Crippen LogP contribution in [-0.4, -0.2) is 41.9 Å². The largest absolute Gasteiger partial charge is 0.281 e. The molecule has 0 atom stereocenters. The number of nitrogens with one attached hydrogen (secondary N) is 1. The second-order valence-corrected chi connectivity index (χ2v) is 7.58. The van der Waals surface area contributed by atoms with Crippen LogP contribution in [0.3, 0.4) is 0 Å². The van der Waals surface area contributed by atoms with Gasteiger partial charge in [0.1, 0.15) is 4.90 Å². The van der Waals surface area contributed by atoms with Crippen molar-refractivity contribution in [3.63, 3.8) is 0 Å². The number of alkyl halides is 1. The van der Waals surface area contributed by atoms with Crippen molar-refractivity contribution in [1.82, 2.24) is 14.5 Å². The molecule has 5 nitrogen and oxygen atoms in total. The highest BCUT2D eigenvalue weighted by atomic mass is 35.5. The van der Waals surface area contributed by atoms with E-state index in [1.54, 1.807) is 20.9 Å². The first-order valence-electron chi connectivity index (χ1n) is 5.94. The van der Waals surface area contributed by atoms with Gasteiger partial charge in [0.2, 0.25) is 10.0 Å². The summed E-state index contributed by atoms with van der Waals surface area (Å²) in [6, 6.07) is 0. The third-order valence-electron chi connectivity index (χ3n) is 3.42. The smallest absolute Gasteiger partial charge is 0.246 e. The molecule has 1 fully saturated rings. The third kappa shape index (κ3) is 2.41. The van der Waals surface area contributed by atoms with E-state index in [1.807, 2.05) is 0 Å². The van der Waals surface area contributed by atoms with Crippen LogP contribution in [0.1, 0.15) is 24.2 Å². The van der Waals surface area contributed by atoms with E-state index in [0.29, 0.717) is 28.7 Å². The summed E-state index contributed by atoms with van der Waals surface area (Å²) in [7, 11) is -1.84. The maximum Gasteiger partial charge on any atom is 0.246 e. The molecule has 1 aromatic rings. The molecule has 0 aliphatic heterocycles. The molecule has 0 unspecified atom stereocenters. The summed E-state index contributed by atoms with van der Waals surface area (Å²) in [5.41, 5.74) is 1.10. The van der Waals surface area contributed by atoms with Crippen LogP contribution in [-0.2, 0) is 10.0 Å². The summed E-state index contributed by atoms with van der Waals surface area (Å²) in [5, 5.41) is 6.86. The van der Waals surface area contributed by atoms with Gasteiger partial charge in [-0.3, -0.25) is 5.10 Å². The lowest BCUT2D eigenvalue weighted by Crippen LogP contribution is -2.38. The molecule has 0 saturated heterocycles. The molecule has 1 aliphatic rings. The molecular weight excluding hydrogens is 274 g/mol. The van der Waals surface area contributed by atoms with Crippen LogP contribution < -0.4 is 0 Å². The maximum atomic E-state index is 12.4. The van der Waals surface area contributed by atoms with Gasteiger partial charge >= 0.3 is 0 Å². The van der Waals surface area contributed by atoms with Crippen molar-refractivity contribution in [1.29, 1.82) is 0 Å². The molecule has 0 bridgehead atoms. The number of sulfonamides is 1. The van der Waals surface area contributed by atoms with Crippen molar-refractivity contribution in [2.24, 2.45) is 5.92 Å². The van der Waals surface area contributed by atoms with Gasteiger partial charge in [-0.2, -0.15) is 5.10 Å². The predicted molar refractivity (Wildman–Crippen MR) is 70.2 cm³/mol. The summed E-state index contributed by atoms with van der Waals surface area (Å²) >= 11 is 5.91. The number of hydrogen-bond donors (Lipinski definition) is 1. The number of nitrogens with zero attached hydrogens (tertiary/aromatic N) is 2. The molecule has 0 radical (unpaired) electrons. The second-order valence-electron chi connectivity index (χ2n) is 4.98. The van der Waals surface area contributed by atoms with Crippen LogP contribution in [0.4, 0.5) is 0 Å². The zero-order valence-electron chi connectivity index (χ0n) is 10.8. The van der Waals surface area contributed by atoms with Gasteiger partial charge in [-0.1, -0.05) is 0 Å². The molecule has 1 heterocycles. The number of aromatic amines is 1. The summed E-state index contributed by atoms with van der Waals surface area (Å²) < 4.78 is 26.3. The number of hydrogen-bond acceptors (Lipinski definition) is 3. The SMILES string of the molecule is Cc1n[nH]c(C)c1S(=O)(=O)N(C)CC1CC(Cl)C1. The highest BCUT2D eigenvalue weighted by Gasteiger charge is 2.33. The van der Waals surface area contributed by atoms with Crippen LogP contribution in [0, 0.1) is 19.8 Å².